The minimum atomic E-state index is -1.32. The van der Waals surface area contributed by atoms with E-state index in [1.807, 2.05) is 19.9 Å². The molecule has 1 aromatic rings. The molecule has 152 valence electrons. The molecule has 0 aliphatic carbocycles. The third kappa shape index (κ3) is 5.05. The van der Waals surface area contributed by atoms with Gasteiger partial charge in [-0.1, -0.05) is 50.8 Å². The number of rotatable bonds is 9. The molecule has 1 aliphatic heterocycles. The lowest BCUT2D eigenvalue weighted by atomic mass is 10.0. The number of carbonyl (C=O) groups excluding carboxylic acids is 2. The number of aliphatic carboxylic acids is 1. The van der Waals surface area contributed by atoms with Crippen LogP contribution in [0.15, 0.2) is 23.1 Å². The summed E-state index contributed by atoms with van der Waals surface area (Å²) >= 11 is 6.34. The Labute approximate surface area is 174 Å². The van der Waals surface area contributed by atoms with E-state index >= 15 is 0 Å². The molecule has 0 aromatic heterocycles. The number of carboxylic acid groups (broad SMARTS) is 1. The number of ether oxygens (including phenoxy) is 2. The molecule has 1 fully saturated rings. The Balaban J connectivity index is 2.32. The van der Waals surface area contributed by atoms with Crippen molar-refractivity contribution in [2.75, 3.05) is 13.2 Å². The van der Waals surface area contributed by atoms with Gasteiger partial charge in [0.2, 0.25) is 0 Å². The quantitative estimate of drug-likeness (QED) is 0.447. The molecule has 0 radical (unpaired) electrons. The lowest BCUT2D eigenvalue weighted by molar-refractivity contribution is -0.311. The van der Waals surface area contributed by atoms with Crippen LogP contribution in [0.3, 0.4) is 0 Å². The van der Waals surface area contributed by atoms with Crippen LogP contribution in [0, 0.1) is 5.92 Å². The van der Waals surface area contributed by atoms with Crippen molar-refractivity contribution >= 4 is 46.3 Å². The average molecular weight is 423 g/mol. The van der Waals surface area contributed by atoms with Gasteiger partial charge in [0.1, 0.15) is 4.32 Å². The van der Waals surface area contributed by atoms with Crippen LogP contribution in [0.1, 0.15) is 39.7 Å². The second-order valence-corrected chi connectivity index (χ2v) is 8.22. The third-order valence-corrected chi connectivity index (χ3v) is 5.33. The normalized spacial score (nSPS) is 16.8. The van der Waals surface area contributed by atoms with Crippen LogP contribution in [0.4, 0.5) is 0 Å². The van der Waals surface area contributed by atoms with E-state index in [0.717, 1.165) is 28.6 Å². The minimum Gasteiger partial charge on any atom is -0.548 e. The number of nitrogens with zero attached hydrogens (tertiary/aromatic N) is 1. The number of hydrogen-bond acceptors (Lipinski definition) is 7. The Bertz CT molecular complexity index is 791. The smallest absolute Gasteiger partial charge is 0.266 e. The predicted molar refractivity (Wildman–Crippen MR) is 112 cm³/mol. The number of carboxylic acids is 1. The molecule has 1 aliphatic rings. The first kappa shape index (κ1) is 22.2. The molecular formula is C20H24NO5S2-. The van der Waals surface area contributed by atoms with Gasteiger partial charge in [0.25, 0.3) is 5.91 Å². The van der Waals surface area contributed by atoms with E-state index in [1.54, 1.807) is 32.1 Å². The van der Waals surface area contributed by atoms with E-state index in [2.05, 4.69) is 0 Å². The maximum Gasteiger partial charge on any atom is 0.266 e. The number of carbonyl (C=O) groups is 2. The first-order chi connectivity index (χ1) is 13.3. The second kappa shape index (κ2) is 9.93. The Morgan fingerprint density at radius 1 is 1.29 bits per heavy atom. The Morgan fingerprint density at radius 3 is 2.57 bits per heavy atom. The number of benzene rings is 1. The van der Waals surface area contributed by atoms with Crippen molar-refractivity contribution in [2.45, 2.75) is 40.2 Å². The predicted octanol–water partition coefficient (Wildman–Crippen LogP) is 2.85. The molecule has 8 heteroatoms. The zero-order chi connectivity index (χ0) is 20.8. The standard InChI is InChI=1S/C20H25NO5S2/c1-5-9-26-14-8-7-13(10-15(14)25-6-2)11-16-18(22)21(20(27)28-16)17(12(3)4)19(23)24/h7-8,10-12,17H,5-6,9H2,1-4H3,(H,23,24)/p-1/b16-11-/t17-/m1/s1. The van der Waals surface area contributed by atoms with E-state index in [-0.39, 0.29) is 10.2 Å². The van der Waals surface area contributed by atoms with Crippen LogP contribution in [0.25, 0.3) is 6.08 Å². The Morgan fingerprint density at radius 2 is 2.00 bits per heavy atom. The van der Waals surface area contributed by atoms with E-state index in [4.69, 9.17) is 21.7 Å². The maximum absolute atomic E-state index is 12.8. The summed E-state index contributed by atoms with van der Waals surface area (Å²) in [5.41, 5.74) is 0.738. The van der Waals surface area contributed by atoms with Crippen LogP contribution in [0.2, 0.25) is 0 Å². The molecule has 0 bridgehead atoms. The number of thioether (sulfide) groups is 1. The third-order valence-electron chi connectivity index (χ3n) is 4.00. The first-order valence-corrected chi connectivity index (χ1v) is 10.4. The molecule has 1 atom stereocenters. The summed E-state index contributed by atoms with van der Waals surface area (Å²) < 4.78 is 11.5. The summed E-state index contributed by atoms with van der Waals surface area (Å²) in [5.74, 6) is -0.836. The van der Waals surface area contributed by atoms with Crippen molar-refractivity contribution in [2.24, 2.45) is 5.92 Å². The highest BCUT2D eigenvalue weighted by Crippen LogP contribution is 2.36. The van der Waals surface area contributed by atoms with Crippen LogP contribution in [-0.4, -0.2) is 40.4 Å². The second-order valence-electron chi connectivity index (χ2n) is 6.55. The lowest BCUT2D eigenvalue weighted by Crippen LogP contribution is -2.52. The molecule has 0 saturated carbocycles. The van der Waals surface area contributed by atoms with E-state index in [1.165, 1.54) is 0 Å². The molecule has 0 unspecified atom stereocenters. The van der Waals surface area contributed by atoms with Gasteiger partial charge in [0.05, 0.1) is 30.1 Å². The molecule has 1 aromatic carbocycles. The summed E-state index contributed by atoms with van der Waals surface area (Å²) in [5, 5.41) is 11.5. The van der Waals surface area contributed by atoms with E-state index < -0.39 is 17.9 Å². The largest absolute Gasteiger partial charge is 0.548 e. The van der Waals surface area contributed by atoms with Crippen LogP contribution >= 0.6 is 24.0 Å². The fourth-order valence-corrected chi connectivity index (χ4v) is 4.09. The van der Waals surface area contributed by atoms with Crippen molar-refractivity contribution in [3.63, 3.8) is 0 Å². The maximum atomic E-state index is 12.8. The van der Waals surface area contributed by atoms with Gasteiger partial charge in [0.15, 0.2) is 11.5 Å². The Kier molecular flexibility index (Phi) is 7.88. The molecule has 0 N–H and O–H groups in total. The van der Waals surface area contributed by atoms with Crippen molar-refractivity contribution in [3.8, 4) is 11.5 Å². The van der Waals surface area contributed by atoms with Crippen molar-refractivity contribution < 1.29 is 24.2 Å². The van der Waals surface area contributed by atoms with Gasteiger partial charge < -0.3 is 19.4 Å². The average Bonchev–Trinajstić information content (AvgIpc) is 2.89. The Hall–Kier alpha value is -2.06. The molecule has 1 heterocycles. The molecule has 1 amide bonds. The minimum absolute atomic E-state index is 0.215. The summed E-state index contributed by atoms with van der Waals surface area (Å²) in [6.07, 6.45) is 2.56. The monoisotopic (exact) mass is 422 g/mol. The summed E-state index contributed by atoms with van der Waals surface area (Å²) in [6, 6.07) is 4.31. The molecule has 28 heavy (non-hydrogen) atoms. The number of hydrogen-bond donors (Lipinski definition) is 0. The summed E-state index contributed by atoms with van der Waals surface area (Å²) in [4.78, 5) is 25.8. The molecular weight excluding hydrogens is 398 g/mol. The summed E-state index contributed by atoms with van der Waals surface area (Å²) in [6.45, 7) is 8.40. The zero-order valence-corrected chi connectivity index (χ0v) is 18.0. The summed E-state index contributed by atoms with van der Waals surface area (Å²) in [7, 11) is 0. The van der Waals surface area contributed by atoms with Crippen molar-refractivity contribution in [1.29, 1.82) is 0 Å². The van der Waals surface area contributed by atoms with Gasteiger partial charge in [-0.15, -0.1) is 0 Å². The van der Waals surface area contributed by atoms with Crippen molar-refractivity contribution in [3.05, 3.63) is 28.7 Å². The number of amides is 1. The fraction of sp³-hybridized carbons (Fsp3) is 0.450. The van der Waals surface area contributed by atoms with Gasteiger partial charge in [-0.3, -0.25) is 9.69 Å². The van der Waals surface area contributed by atoms with Crippen LogP contribution in [0.5, 0.6) is 11.5 Å². The molecule has 0 spiro atoms. The number of thiocarbonyl (C=S) groups is 1. The van der Waals surface area contributed by atoms with E-state index in [0.29, 0.717) is 29.6 Å². The van der Waals surface area contributed by atoms with Crippen molar-refractivity contribution in [1.82, 2.24) is 4.90 Å². The topological polar surface area (TPSA) is 78.9 Å². The van der Waals surface area contributed by atoms with Crippen LogP contribution in [-0.2, 0) is 9.59 Å². The molecule has 1 saturated heterocycles. The highest BCUT2D eigenvalue weighted by atomic mass is 32.2. The highest BCUT2D eigenvalue weighted by Gasteiger charge is 2.39. The molecule has 6 nitrogen and oxygen atoms in total. The SMILES string of the molecule is CCCOc1ccc(/C=C2\SC(=S)N([C@@H](C(=O)[O-])C(C)C)C2=O)cc1OCC. The van der Waals surface area contributed by atoms with Gasteiger partial charge in [0, 0.05) is 0 Å². The van der Waals surface area contributed by atoms with Crippen LogP contribution < -0.4 is 14.6 Å². The molecule has 2 rings (SSSR count). The lowest BCUT2D eigenvalue weighted by Gasteiger charge is -2.30. The first-order valence-electron chi connectivity index (χ1n) is 9.17. The van der Waals surface area contributed by atoms with Gasteiger partial charge in [-0.2, -0.15) is 0 Å². The van der Waals surface area contributed by atoms with Gasteiger partial charge >= 0.3 is 0 Å². The van der Waals surface area contributed by atoms with Gasteiger partial charge in [-0.25, -0.2) is 0 Å². The van der Waals surface area contributed by atoms with E-state index in [9.17, 15) is 14.7 Å². The fourth-order valence-electron chi connectivity index (χ4n) is 2.76. The van der Waals surface area contributed by atoms with Gasteiger partial charge in [-0.05, 0) is 43.0 Å². The zero-order valence-electron chi connectivity index (χ0n) is 16.4. The highest BCUT2D eigenvalue weighted by molar-refractivity contribution is 8.26.